The normalized spacial score (nSPS) is 18.2. The predicted molar refractivity (Wildman–Crippen MR) is 56.6 cm³/mol. The number of fused-ring (bicyclic) bond motifs is 1. The van der Waals surface area contributed by atoms with Crippen molar-refractivity contribution in [3.05, 3.63) is 27.7 Å². The average Bonchev–Trinajstić information content (AvgIpc) is 2.68. The van der Waals surface area contributed by atoms with Crippen LogP contribution in [0.5, 0.6) is 5.75 Å². The topological polar surface area (TPSA) is 35.5 Å². The van der Waals surface area contributed by atoms with Crippen molar-refractivity contribution in [1.29, 1.82) is 0 Å². The number of halogens is 2. The predicted octanol–water partition coefficient (Wildman–Crippen LogP) is 2.47. The summed E-state index contributed by atoms with van der Waals surface area (Å²) in [5, 5.41) is 1.02. The van der Waals surface area contributed by atoms with Gasteiger partial charge in [-0.1, -0.05) is 23.2 Å². The van der Waals surface area contributed by atoms with Crippen LogP contribution in [0.15, 0.2) is 12.1 Å². The summed E-state index contributed by atoms with van der Waals surface area (Å²) in [6.07, 6.45) is -0.232. The number of esters is 1. The molecule has 1 aromatic carbocycles. The zero-order valence-corrected chi connectivity index (χ0v) is 9.43. The lowest BCUT2D eigenvalue weighted by Gasteiger charge is -2.07. The first-order valence-corrected chi connectivity index (χ1v) is 5.10. The van der Waals surface area contributed by atoms with Crippen molar-refractivity contribution in [2.24, 2.45) is 0 Å². The Balaban J connectivity index is 2.34. The van der Waals surface area contributed by atoms with E-state index in [1.165, 1.54) is 7.11 Å². The zero-order valence-electron chi connectivity index (χ0n) is 7.92. The van der Waals surface area contributed by atoms with Crippen LogP contribution in [0.3, 0.4) is 0 Å². The third-order valence-electron chi connectivity index (χ3n) is 2.27. The van der Waals surface area contributed by atoms with E-state index in [4.69, 9.17) is 27.9 Å². The van der Waals surface area contributed by atoms with Crippen LogP contribution in [0.1, 0.15) is 5.56 Å². The van der Waals surface area contributed by atoms with Crippen molar-refractivity contribution in [3.63, 3.8) is 0 Å². The minimum Gasteiger partial charge on any atom is -0.476 e. The molecule has 0 radical (unpaired) electrons. The van der Waals surface area contributed by atoms with Crippen molar-refractivity contribution >= 4 is 29.2 Å². The third kappa shape index (κ3) is 1.77. The van der Waals surface area contributed by atoms with E-state index in [9.17, 15) is 4.79 Å². The standard InChI is InChI=1S/C10H8Cl2O3/c1-14-10(13)8-4-5-6(11)2-3-7(12)9(5)15-8/h2-3,8H,4H2,1H3. The molecule has 1 aliphatic rings. The molecule has 0 saturated heterocycles. The van der Waals surface area contributed by atoms with Crippen molar-refractivity contribution in [1.82, 2.24) is 0 Å². The molecule has 0 bridgehead atoms. The molecule has 3 nitrogen and oxygen atoms in total. The number of carbonyl (C=O) groups excluding carboxylic acids is 1. The first-order chi connectivity index (χ1) is 7.13. The Morgan fingerprint density at radius 2 is 2.13 bits per heavy atom. The molecule has 1 heterocycles. The number of methoxy groups -OCH3 is 1. The second-order valence-electron chi connectivity index (χ2n) is 3.17. The maximum Gasteiger partial charge on any atom is 0.347 e. The Bertz CT molecular complexity index is 386. The lowest BCUT2D eigenvalue weighted by molar-refractivity contribution is -0.147. The Morgan fingerprint density at radius 3 is 2.73 bits per heavy atom. The van der Waals surface area contributed by atoms with Gasteiger partial charge in [0, 0.05) is 17.0 Å². The van der Waals surface area contributed by atoms with E-state index in [1.54, 1.807) is 12.1 Å². The molecule has 0 amide bonds. The van der Waals surface area contributed by atoms with Gasteiger partial charge < -0.3 is 9.47 Å². The van der Waals surface area contributed by atoms with Gasteiger partial charge in [-0.2, -0.15) is 0 Å². The maximum atomic E-state index is 11.3. The van der Waals surface area contributed by atoms with Crippen molar-refractivity contribution in [2.45, 2.75) is 12.5 Å². The Labute approximate surface area is 96.9 Å². The summed E-state index contributed by atoms with van der Waals surface area (Å²) < 4.78 is 9.98. The molecular weight excluding hydrogens is 239 g/mol. The van der Waals surface area contributed by atoms with Crippen LogP contribution in [0.4, 0.5) is 0 Å². The van der Waals surface area contributed by atoms with Gasteiger partial charge in [-0.25, -0.2) is 4.79 Å². The molecule has 80 valence electrons. The number of rotatable bonds is 1. The summed E-state index contributed by atoms with van der Waals surface area (Å²) in [6.45, 7) is 0. The van der Waals surface area contributed by atoms with E-state index in [-0.39, 0.29) is 0 Å². The van der Waals surface area contributed by atoms with E-state index in [0.29, 0.717) is 22.2 Å². The van der Waals surface area contributed by atoms with Gasteiger partial charge in [0.1, 0.15) is 5.75 Å². The number of benzene rings is 1. The molecule has 0 fully saturated rings. The quantitative estimate of drug-likeness (QED) is 0.715. The average molecular weight is 247 g/mol. The second-order valence-corrected chi connectivity index (χ2v) is 3.99. The molecule has 1 atom stereocenters. The molecule has 1 aromatic rings. The van der Waals surface area contributed by atoms with E-state index >= 15 is 0 Å². The van der Waals surface area contributed by atoms with Crippen LogP contribution in [0, 0.1) is 0 Å². The molecule has 0 spiro atoms. The molecule has 0 aromatic heterocycles. The Kier molecular flexibility index (Phi) is 2.76. The molecule has 0 aliphatic carbocycles. The highest BCUT2D eigenvalue weighted by atomic mass is 35.5. The van der Waals surface area contributed by atoms with Crippen LogP contribution >= 0.6 is 23.2 Å². The van der Waals surface area contributed by atoms with Gasteiger partial charge >= 0.3 is 5.97 Å². The lowest BCUT2D eigenvalue weighted by Crippen LogP contribution is -2.26. The molecule has 15 heavy (non-hydrogen) atoms. The van der Waals surface area contributed by atoms with E-state index in [2.05, 4.69) is 4.74 Å². The van der Waals surface area contributed by atoms with Crippen LogP contribution < -0.4 is 4.74 Å². The maximum absolute atomic E-state index is 11.3. The van der Waals surface area contributed by atoms with Gasteiger partial charge in [-0.3, -0.25) is 0 Å². The second kappa shape index (κ2) is 3.91. The molecule has 1 aliphatic heterocycles. The van der Waals surface area contributed by atoms with E-state index in [1.807, 2.05) is 0 Å². The van der Waals surface area contributed by atoms with Gasteiger partial charge in [-0.15, -0.1) is 0 Å². The number of carbonyl (C=O) groups is 1. The van der Waals surface area contributed by atoms with E-state index < -0.39 is 12.1 Å². The van der Waals surface area contributed by atoms with Crippen LogP contribution in [-0.2, 0) is 16.0 Å². The van der Waals surface area contributed by atoms with Crippen LogP contribution in [0.2, 0.25) is 10.0 Å². The fraction of sp³-hybridized carbons (Fsp3) is 0.300. The molecule has 0 N–H and O–H groups in total. The third-order valence-corrected chi connectivity index (χ3v) is 2.92. The summed E-state index contributed by atoms with van der Waals surface area (Å²) in [7, 11) is 1.32. The van der Waals surface area contributed by atoms with E-state index in [0.717, 1.165) is 5.56 Å². The van der Waals surface area contributed by atoms with Crippen molar-refractivity contribution in [2.75, 3.05) is 7.11 Å². The summed E-state index contributed by atoms with van der Waals surface area (Å²) in [4.78, 5) is 11.3. The van der Waals surface area contributed by atoms with Gasteiger partial charge in [0.15, 0.2) is 6.10 Å². The monoisotopic (exact) mass is 246 g/mol. The highest BCUT2D eigenvalue weighted by Crippen LogP contribution is 2.40. The van der Waals surface area contributed by atoms with Gasteiger partial charge in [-0.05, 0) is 12.1 Å². The van der Waals surface area contributed by atoms with Gasteiger partial charge in [0.05, 0.1) is 12.1 Å². The lowest BCUT2D eigenvalue weighted by atomic mass is 10.1. The summed E-state index contributed by atoms with van der Waals surface area (Å²) in [5.41, 5.74) is 0.763. The first-order valence-electron chi connectivity index (χ1n) is 4.35. The summed E-state index contributed by atoms with van der Waals surface area (Å²) >= 11 is 11.9. The fourth-order valence-electron chi connectivity index (χ4n) is 1.53. The number of hydrogen-bond donors (Lipinski definition) is 0. The van der Waals surface area contributed by atoms with Gasteiger partial charge in [0.25, 0.3) is 0 Å². The smallest absolute Gasteiger partial charge is 0.347 e. The Hall–Kier alpha value is -0.930. The number of hydrogen-bond acceptors (Lipinski definition) is 3. The SMILES string of the molecule is COC(=O)C1Cc2c(Cl)ccc(Cl)c2O1. The van der Waals surface area contributed by atoms with Crippen molar-refractivity contribution in [3.8, 4) is 5.75 Å². The van der Waals surface area contributed by atoms with Crippen molar-refractivity contribution < 1.29 is 14.3 Å². The summed E-state index contributed by atoms with van der Waals surface area (Å²) in [6, 6.07) is 3.33. The summed E-state index contributed by atoms with van der Waals surface area (Å²) in [5.74, 6) is 0.0675. The first kappa shape index (κ1) is 10.6. The minimum atomic E-state index is -0.637. The minimum absolute atomic E-state index is 0.404. The fourth-order valence-corrected chi connectivity index (χ4v) is 1.97. The van der Waals surface area contributed by atoms with Crippen LogP contribution in [-0.4, -0.2) is 19.2 Å². The largest absolute Gasteiger partial charge is 0.476 e. The number of ether oxygens (including phenoxy) is 2. The highest BCUT2D eigenvalue weighted by molar-refractivity contribution is 6.35. The molecular formula is C10H8Cl2O3. The van der Waals surface area contributed by atoms with Gasteiger partial charge in [0.2, 0.25) is 0 Å². The molecule has 1 unspecified atom stereocenters. The zero-order chi connectivity index (χ0) is 11.0. The highest BCUT2D eigenvalue weighted by Gasteiger charge is 2.32. The molecule has 2 rings (SSSR count). The molecule has 5 heteroatoms. The Morgan fingerprint density at radius 1 is 1.47 bits per heavy atom. The van der Waals surface area contributed by atoms with Crippen LogP contribution in [0.25, 0.3) is 0 Å². The molecule has 0 saturated carbocycles.